The zero-order valence-corrected chi connectivity index (χ0v) is 11.9. The molecular weight excluding hydrogens is 294 g/mol. The average Bonchev–Trinajstić information content (AvgIpc) is 2.24. The molecule has 0 aliphatic carbocycles. The van der Waals surface area contributed by atoms with Gasteiger partial charge in [0, 0.05) is 6.26 Å². The minimum atomic E-state index is -4.16. The van der Waals surface area contributed by atoms with Gasteiger partial charge in [-0.25, -0.2) is 26.8 Å². The maximum atomic E-state index is 11.4. The van der Waals surface area contributed by atoms with Gasteiger partial charge in [-0.3, -0.25) is 0 Å². The van der Waals surface area contributed by atoms with Gasteiger partial charge >= 0.3 is 5.97 Å². The van der Waals surface area contributed by atoms with E-state index in [1.54, 1.807) is 0 Å². The highest BCUT2D eigenvalue weighted by atomic mass is 32.2. The van der Waals surface area contributed by atoms with E-state index in [4.69, 9.17) is 5.14 Å². The summed E-state index contributed by atoms with van der Waals surface area (Å²) in [7, 11) is -6.40. The first-order valence-corrected chi connectivity index (χ1v) is 8.57. The smallest absolute Gasteiger partial charge is 0.339 e. The molecule has 19 heavy (non-hydrogen) atoms. The van der Waals surface area contributed by atoms with E-state index in [-0.39, 0.29) is 16.9 Å². The van der Waals surface area contributed by atoms with Crippen LogP contribution in [0.15, 0.2) is 23.1 Å². The number of sulfonamides is 1. The lowest BCUT2D eigenvalue weighted by molar-refractivity contribution is 0.0596. The summed E-state index contributed by atoms with van der Waals surface area (Å²) in [6.07, 6.45) is 1.01. The standard InChI is InChI=1S/C10H13NO6S2/c1-17-10(12)8-4-3-7(6-18(2,13)14)5-9(8)19(11,15)16/h3-5H,6H2,1-2H3,(H2,11,15,16). The molecule has 0 fully saturated rings. The van der Waals surface area contributed by atoms with Gasteiger partial charge in [-0.2, -0.15) is 0 Å². The normalized spacial score (nSPS) is 12.2. The third kappa shape index (κ3) is 4.30. The van der Waals surface area contributed by atoms with Gasteiger partial charge in [-0.15, -0.1) is 0 Å². The number of primary sulfonamides is 1. The fourth-order valence-electron chi connectivity index (χ4n) is 1.47. The van der Waals surface area contributed by atoms with Crippen LogP contribution in [0.5, 0.6) is 0 Å². The third-order valence-corrected chi connectivity index (χ3v) is 4.00. The summed E-state index contributed by atoms with van der Waals surface area (Å²) in [5, 5.41) is 5.00. The molecule has 1 rings (SSSR count). The molecule has 106 valence electrons. The Morgan fingerprint density at radius 1 is 1.26 bits per heavy atom. The van der Waals surface area contributed by atoms with Gasteiger partial charge in [-0.1, -0.05) is 6.07 Å². The second kappa shape index (κ2) is 5.27. The van der Waals surface area contributed by atoms with Gasteiger partial charge in [0.1, 0.15) is 0 Å². The lowest BCUT2D eigenvalue weighted by Gasteiger charge is -2.08. The van der Waals surface area contributed by atoms with Crippen molar-refractivity contribution in [2.24, 2.45) is 5.14 Å². The number of methoxy groups -OCH3 is 1. The van der Waals surface area contributed by atoms with E-state index < -0.39 is 30.7 Å². The topological polar surface area (TPSA) is 121 Å². The fraction of sp³-hybridized carbons (Fsp3) is 0.300. The van der Waals surface area contributed by atoms with Gasteiger partial charge in [0.05, 0.1) is 23.3 Å². The van der Waals surface area contributed by atoms with Crippen molar-refractivity contribution >= 4 is 25.8 Å². The summed E-state index contributed by atoms with van der Waals surface area (Å²) >= 11 is 0. The maximum Gasteiger partial charge on any atom is 0.339 e. The molecule has 0 amide bonds. The van der Waals surface area contributed by atoms with Crippen molar-refractivity contribution in [3.05, 3.63) is 29.3 Å². The lowest BCUT2D eigenvalue weighted by Crippen LogP contribution is -2.18. The van der Waals surface area contributed by atoms with E-state index >= 15 is 0 Å². The molecule has 0 saturated carbocycles. The number of carbonyl (C=O) groups is 1. The number of hydrogen-bond acceptors (Lipinski definition) is 6. The van der Waals surface area contributed by atoms with Crippen molar-refractivity contribution in [2.45, 2.75) is 10.6 Å². The van der Waals surface area contributed by atoms with Gasteiger partial charge in [0.2, 0.25) is 10.0 Å². The number of sulfone groups is 1. The molecule has 0 aliphatic heterocycles. The molecular formula is C10H13NO6S2. The first kappa shape index (κ1) is 15.6. The number of carbonyl (C=O) groups excluding carboxylic acids is 1. The van der Waals surface area contributed by atoms with E-state index in [0.29, 0.717) is 0 Å². The Kier molecular flexibility index (Phi) is 4.33. The van der Waals surface area contributed by atoms with Gasteiger partial charge < -0.3 is 4.74 Å². The van der Waals surface area contributed by atoms with Crippen LogP contribution < -0.4 is 5.14 Å². The van der Waals surface area contributed by atoms with Crippen LogP contribution in [-0.2, 0) is 30.4 Å². The highest BCUT2D eigenvalue weighted by molar-refractivity contribution is 7.90. The molecule has 0 heterocycles. The monoisotopic (exact) mass is 307 g/mol. The quantitative estimate of drug-likeness (QED) is 0.760. The lowest BCUT2D eigenvalue weighted by atomic mass is 10.1. The molecule has 0 atom stereocenters. The van der Waals surface area contributed by atoms with Crippen LogP contribution in [0.25, 0.3) is 0 Å². The second-order valence-electron chi connectivity index (χ2n) is 3.94. The summed E-state index contributed by atoms with van der Waals surface area (Å²) in [5.41, 5.74) is -0.0126. The van der Waals surface area contributed by atoms with E-state index in [0.717, 1.165) is 19.4 Å². The van der Waals surface area contributed by atoms with E-state index in [1.807, 2.05) is 0 Å². The predicted octanol–water partition coefficient (Wildman–Crippen LogP) is -0.335. The Morgan fingerprint density at radius 3 is 2.26 bits per heavy atom. The molecule has 7 nitrogen and oxygen atoms in total. The number of ether oxygens (including phenoxy) is 1. The van der Waals surface area contributed by atoms with Crippen molar-refractivity contribution in [3.8, 4) is 0 Å². The second-order valence-corrected chi connectivity index (χ2v) is 7.61. The summed E-state index contributed by atoms with van der Waals surface area (Å²) in [5.74, 6) is -1.22. The first-order valence-electron chi connectivity index (χ1n) is 4.96. The molecule has 0 unspecified atom stereocenters. The third-order valence-electron chi connectivity index (χ3n) is 2.19. The molecule has 0 spiro atoms. The number of esters is 1. The molecule has 0 aromatic heterocycles. The van der Waals surface area contributed by atoms with Gasteiger partial charge in [0.15, 0.2) is 9.84 Å². The van der Waals surface area contributed by atoms with Gasteiger partial charge in [0.25, 0.3) is 0 Å². The highest BCUT2D eigenvalue weighted by Crippen LogP contribution is 2.19. The molecule has 0 radical (unpaired) electrons. The van der Waals surface area contributed by atoms with Crippen molar-refractivity contribution in [1.82, 2.24) is 0 Å². The first-order chi connectivity index (χ1) is 8.54. The fourth-order valence-corrected chi connectivity index (χ4v) is 3.03. The largest absolute Gasteiger partial charge is 0.465 e. The minimum Gasteiger partial charge on any atom is -0.465 e. The number of benzene rings is 1. The summed E-state index contributed by atoms with van der Waals surface area (Å²) in [6.45, 7) is 0. The minimum absolute atomic E-state index is 0.221. The molecule has 9 heteroatoms. The van der Waals surface area contributed by atoms with Crippen molar-refractivity contribution in [3.63, 3.8) is 0 Å². The summed E-state index contributed by atoms with van der Waals surface area (Å²) in [6, 6.07) is 3.57. The Balaban J connectivity index is 3.44. The van der Waals surface area contributed by atoms with Crippen LogP contribution in [-0.4, -0.2) is 36.2 Å². The van der Waals surface area contributed by atoms with Crippen LogP contribution in [0.2, 0.25) is 0 Å². The Bertz CT molecular complexity index is 706. The zero-order valence-electron chi connectivity index (χ0n) is 10.3. The summed E-state index contributed by atoms with van der Waals surface area (Å²) in [4.78, 5) is 11.0. The Morgan fingerprint density at radius 2 is 1.84 bits per heavy atom. The number of nitrogens with two attached hydrogens (primary N) is 1. The van der Waals surface area contributed by atoms with Crippen LogP contribution in [0, 0.1) is 0 Å². The molecule has 0 bridgehead atoms. The molecule has 2 N–H and O–H groups in total. The Labute approximate surface area is 111 Å². The van der Waals surface area contributed by atoms with Crippen LogP contribution in [0.1, 0.15) is 15.9 Å². The maximum absolute atomic E-state index is 11.4. The SMILES string of the molecule is COC(=O)c1ccc(CS(C)(=O)=O)cc1S(N)(=O)=O. The summed E-state index contributed by atoms with van der Waals surface area (Å²) < 4.78 is 49.6. The van der Waals surface area contributed by atoms with E-state index in [9.17, 15) is 21.6 Å². The van der Waals surface area contributed by atoms with Crippen molar-refractivity contribution < 1.29 is 26.4 Å². The van der Waals surface area contributed by atoms with Crippen LogP contribution in [0.3, 0.4) is 0 Å². The molecule has 1 aromatic rings. The molecule has 1 aromatic carbocycles. The molecule has 0 aliphatic rings. The zero-order chi connectivity index (χ0) is 14.8. The highest BCUT2D eigenvalue weighted by Gasteiger charge is 2.21. The van der Waals surface area contributed by atoms with Gasteiger partial charge in [-0.05, 0) is 17.7 Å². The van der Waals surface area contributed by atoms with Crippen molar-refractivity contribution in [1.29, 1.82) is 0 Å². The molecule has 0 saturated heterocycles. The van der Waals surface area contributed by atoms with E-state index in [2.05, 4.69) is 4.74 Å². The predicted molar refractivity (Wildman–Crippen MR) is 67.7 cm³/mol. The van der Waals surface area contributed by atoms with E-state index in [1.165, 1.54) is 12.1 Å². The Hall–Kier alpha value is -1.45. The van der Waals surface area contributed by atoms with Crippen LogP contribution in [0.4, 0.5) is 0 Å². The number of hydrogen-bond donors (Lipinski definition) is 1. The van der Waals surface area contributed by atoms with Crippen LogP contribution >= 0.6 is 0 Å². The number of rotatable bonds is 4. The average molecular weight is 307 g/mol. The van der Waals surface area contributed by atoms with Crippen molar-refractivity contribution in [2.75, 3.05) is 13.4 Å².